The van der Waals surface area contributed by atoms with E-state index in [0.29, 0.717) is 54.4 Å². The predicted octanol–water partition coefficient (Wildman–Crippen LogP) is 3.00. The zero-order valence-electron chi connectivity index (χ0n) is 40.5. The van der Waals surface area contributed by atoms with E-state index in [0.717, 1.165) is 63.7 Å². The fourth-order valence-corrected chi connectivity index (χ4v) is 14.7. The zero-order valence-corrected chi connectivity index (χ0v) is 40.5. The molecule has 5 heterocycles. The maximum absolute atomic E-state index is 14.2. The average molecular weight is 995 g/mol. The zero-order chi connectivity index (χ0) is 49.8. The van der Waals surface area contributed by atoms with E-state index in [1.807, 2.05) is 0 Å². The number of halogens is 2. The number of hydrogen-bond donors (Lipinski definition) is 7. The van der Waals surface area contributed by atoms with Gasteiger partial charge in [0.1, 0.15) is 79.3 Å². The van der Waals surface area contributed by atoms with Gasteiger partial charge in [0.2, 0.25) is 0 Å². The van der Waals surface area contributed by atoms with E-state index in [1.165, 1.54) is 12.5 Å². The first-order chi connectivity index (χ1) is 33.3. The van der Waals surface area contributed by atoms with Gasteiger partial charge in [-0.1, -0.05) is 39.3 Å². The number of aliphatic hydroxyl groups excluding tert-OH is 7. The van der Waals surface area contributed by atoms with Gasteiger partial charge in [0.25, 0.3) is 0 Å². The summed E-state index contributed by atoms with van der Waals surface area (Å²) in [5.41, 5.74) is 0.829. The van der Waals surface area contributed by atoms with Gasteiger partial charge in [-0.15, -0.1) is 0 Å². The third-order valence-corrected chi connectivity index (χ3v) is 18.7. The Bertz CT molecular complexity index is 2090. The summed E-state index contributed by atoms with van der Waals surface area (Å²) in [6, 6.07) is 2.27. The Morgan fingerprint density at radius 3 is 2.24 bits per heavy atom. The van der Waals surface area contributed by atoms with Gasteiger partial charge in [-0.05, 0) is 111 Å². The number of aliphatic hydroxyl groups is 7. The summed E-state index contributed by atoms with van der Waals surface area (Å²) in [7, 11) is 0. The minimum Gasteiger partial charge on any atom is -0.459 e. The quantitative estimate of drug-likeness (QED) is 0.132. The second-order valence-electron chi connectivity index (χ2n) is 22.6. The van der Waals surface area contributed by atoms with Gasteiger partial charge in [0.15, 0.2) is 24.7 Å². The lowest BCUT2D eigenvalue weighted by Gasteiger charge is -2.58. The number of hydrogen-bond acceptors (Lipinski definition) is 17. The van der Waals surface area contributed by atoms with Crippen molar-refractivity contribution >= 4 is 5.97 Å². The van der Waals surface area contributed by atoms with Crippen LogP contribution in [0.1, 0.15) is 103 Å². The van der Waals surface area contributed by atoms with Crippen LogP contribution in [0.25, 0.3) is 0 Å². The first-order valence-corrected chi connectivity index (χ1v) is 25.5. The molecule has 1 spiro atoms. The van der Waals surface area contributed by atoms with Crippen LogP contribution in [0, 0.1) is 58.0 Å². The number of fused-ring (bicyclic) bond motifs is 7. The molecular weight excluding hydrogens is 923 g/mol. The molecule has 0 radical (unpaired) electrons. The number of rotatable bonds is 10. The molecule has 5 saturated heterocycles. The summed E-state index contributed by atoms with van der Waals surface area (Å²) < 4.78 is 83.1. The normalized spacial score (nSPS) is 51.0. The van der Waals surface area contributed by atoms with Crippen LogP contribution in [-0.2, 0) is 42.6 Å². The maximum atomic E-state index is 14.2. The molecule has 0 bridgehead atoms. The van der Waals surface area contributed by atoms with Gasteiger partial charge in [-0.25, -0.2) is 13.6 Å². The molecule has 9 aliphatic rings. The highest BCUT2D eigenvalue weighted by Gasteiger charge is 2.69. The number of allylic oxidation sites excluding steroid dienone is 1. The molecule has 0 amide bonds. The lowest BCUT2D eigenvalue weighted by Crippen LogP contribution is -2.65. The molecule has 0 aromatic heterocycles. The fourth-order valence-electron chi connectivity index (χ4n) is 14.7. The number of benzene rings is 1. The van der Waals surface area contributed by atoms with Crippen LogP contribution in [0.2, 0.25) is 0 Å². The van der Waals surface area contributed by atoms with Crippen LogP contribution >= 0.6 is 0 Å². The van der Waals surface area contributed by atoms with Crippen molar-refractivity contribution in [3.05, 3.63) is 47.0 Å². The summed E-state index contributed by atoms with van der Waals surface area (Å²) in [5.74, 6) is -0.850. The van der Waals surface area contributed by atoms with Gasteiger partial charge in [-0.2, -0.15) is 0 Å². The number of carbonyl (C=O) groups is 1. The van der Waals surface area contributed by atoms with Crippen LogP contribution < -0.4 is 0 Å². The van der Waals surface area contributed by atoms with Crippen LogP contribution in [0.5, 0.6) is 0 Å². The minimum absolute atomic E-state index is 0.0687. The average Bonchev–Trinajstić information content (AvgIpc) is 3.89. The van der Waals surface area contributed by atoms with E-state index in [4.69, 9.17) is 42.6 Å². The molecule has 392 valence electrons. The monoisotopic (exact) mass is 994 g/mol. The highest BCUT2D eigenvalue weighted by atomic mass is 19.1. The van der Waals surface area contributed by atoms with Crippen molar-refractivity contribution in [1.82, 2.24) is 0 Å². The Morgan fingerprint density at radius 1 is 0.786 bits per heavy atom. The van der Waals surface area contributed by atoms with E-state index in [9.17, 15) is 49.3 Å². The Morgan fingerprint density at radius 2 is 1.51 bits per heavy atom. The second kappa shape index (κ2) is 19.4. The smallest absolute Gasteiger partial charge is 0.341 e. The lowest BCUT2D eigenvalue weighted by atomic mass is 9.47. The van der Waals surface area contributed by atoms with Crippen molar-refractivity contribution in [3.63, 3.8) is 0 Å². The minimum atomic E-state index is -1.79. The van der Waals surface area contributed by atoms with Crippen LogP contribution in [-0.4, -0.2) is 166 Å². The highest BCUT2D eigenvalue weighted by molar-refractivity contribution is 5.89. The van der Waals surface area contributed by atoms with Gasteiger partial charge >= 0.3 is 5.97 Å². The summed E-state index contributed by atoms with van der Waals surface area (Å²) in [5, 5.41) is 76.8. The molecule has 3 saturated carbocycles. The van der Waals surface area contributed by atoms with E-state index in [2.05, 4.69) is 33.8 Å². The van der Waals surface area contributed by atoms with Crippen molar-refractivity contribution in [2.45, 2.75) is 196 Å². The molecule has 17 nitrogen and oxygen atoms in total. The summed E-state index contributed by atoms with van der Waals surface area (Å²) in [4.78, 5) is 12.6. The Labute approximate surface area is 406 Å². The van der Waals surface area contributed by atoms with Crippen molar-refractivity contribution in [2.24, 2.45) is 46.3 Å². The van der Waals surface area contributed by atoms with E-state index in [1.54, 1.807) is 0 Å². The van der Waals surface area contributed by atoms with Crippen molar-refractivity contribution in [2.75, 3.05) is 19.8 Å². The van der Waals surface area contributed by atoms with Crippen LogP contribution in [0.4, 0.5) is 8.78 Å². The van der Waals surface area contributed by atoms with Crippen molar-refractivity contribution < 1.29 is 92.0 Å². The summed E-state index contributed by atoms with van der Waals surface area (Å²) in [6.45, 7) is 10.3. The largest absolute Gasteiger partial charge is 0.459 e. The molecule has 5 aliphatic heterocycles. The van der Waals surface area contributed by atoms with E-state index >= 15 is 0 Å². The Hall–Kier alpha value is -2.31. The molecule has 7 unspecified atom stereocenters. The molecule has 8 fully saturated rings. The molecule has 10 rings (SSSR count). The second-order valence-corrected chi connectivity index (χ2v) is 22.6. The standard InChI is InChI=1S/C51H72F2O17/c1-22-10-15-51(63-20-22)23(2)36-33(70-51)18-31-28-8-6-25-16-27(11-13-49(25,4)30(28)12-14-50(31,36)5)65-48-44(69-46-41(59)39(57)37(55)24(3)64-46)42(60)43(34(19-54)66-48)68-47-40(58)38(56)35(67-47)21-62-45(61)29-9-7-26(52)17-32(29)53/h6-7,9,17,22-24,27-28,30-31,33-44,46-48,54-60H,8,10-16,18-21H2,1-5H3/t22-,23+,24+,27+,28?,30?,31?,33?,34-,35+,36?,37+,38+,39-,40-,41-,42+,43-,44-,46?,47?,48-,49+,50+,51-/m1/s1. The van der Waals surface area contributed by atoms with Gasteiger partial charge < -0.3 is 78.4 Å². The third kappa shape index (κ3) is 8.71. The molecule has 7 N–H and O–H groups in total. The molecular formula is C51H72F2O17. The number of esters is 1. The number of carbonyl (C=O) groups excluding carboxylic acids is 1. The molecule has 1 aromatic rings. The fraction of sp³-hybridized carbons (Fsp3) is 0.824. The van der Waals surface area contributed by atoms with Gasteiger partial charge in [-0.3, -0.25) is 0 Å². The van der Waals surface area contributed by atoms with E-state index in [-0.39, 0.29) is 16.9 Å². The van der Waals surface area contributed by atoms with Gasteiger partial charge in [0.05, 0.1) is 37.1 Å². The van der Waals surface area contributed by atoms with Crippen molar-refractivity contribution in [3.8, 4) is 0 Å². The third-order valence-electron chi connectivity index (χ3n) is 18.7. The first kappa shape index (κ1) is 51.2. The molecule has 4 aliphatic carbocycles. The number of ether oxygens (including phenoxy) is 9. The predicted molar refractivity (Wildman–Crippen MR) is 238 cm³/mol. The summed E-state index contributed by atoms with van der Waals surface area (Å²) in [6.07, 6.45) is -11.1. The molecule has 70 heavy (non-hydrogen) atoms. The van der Waals surface area contributed by atoms with Gasteiger partial charge in [0, 0.05) is 18.4 Å². The first-order valence-electron chi connectivity index (χ1n) is 25.5. The van der Waals surface area contributed by atoms with Crippen LogP contribution in [0.3, 0.4) is 0 Å². The Balaban J connectivity index is 0.830. The topological polar surface area (TPSA) is 242 Å². The molecule has 19 heteroatoms. The summed E-state index contributed by atoms with van der Waals surface area (Å²) >= 11 is 0. The molecule has 1 aromatic carbocycles. The van der Waals surface area contributed by atoms with Crippen molar-refractivity contribution in [1.29, 1.82) is 0 Å². The van der Waals surface area contributed by atoms with E-state index < -0.39 is 134 Å². The SMILES string of the molecule is C[C@@H]1CC[C@@]2(OC1)OC1CC3C4CC=C5C[C@@H](O[C@@H]6O[C@H](CO)[C@@H](OC7O[C@@H](COC(=O)c8ccc(F)cc8F)[C@H](O)[C@H]7O)[C@H](O)[C@H]6OC6O[C@@H](C)[C@H](O)[C@@H](O)[C@H]6O)CC[C@]5(C)C4CC[C@]3(C)C1[C@@H]2C. The Kier molecular flexibility index (Phi) is 14.2. The maximum Gasteiger partial charge on any atom is 0.341 e. The van der Waals surface area contributed by atoms with Crippen LogP contribution in [0.15, 0.2) is 29.8 Å². The highest BCUT2D eigenvalue weighted by Crippen LogP contribution is 2.70. The molecule has 25 atom stereocenters. The lowest BCUT2D eigenvalue weighted by molar-refractivity contribution is -0.380.